The van der Waals surface area contributed by atoms with E-state index in [-0.39, 0.29) is 5.78 Å². The van der Waals surface area contributed by atoms with E-state index in [0.717, 1.165) is 42.3 Å². The van der Waals surface area contributed by atoms with E-state index in [4.69, 9.17) is 0 Å². The maximum atomic E-state index is 13.9. The zero-order chi connectivity index (χ0) is 27.3. The van der Waals surface area contributed by atoms with Crippen molar-refractivity contribution < 1.29 is 4.79 Å². The molecule has 0 spiro atoms. The molecule has 0 fully saturated rings. The van der Waals surface area contributed by atoms with Gasteiger partial charge in [-0.25, -0.2) is 0 Å². The van der Waals surface area contributed by atoms with E-state index in [1.807, 2.05) is 52.0 Å². The van der Waals surface area contributed by atoms with Crippen LogP contribution in [0, 0.1) is 0 Å². The largest absolute Gasteiger partial charge is 0.298 e. The molecule has 1 nitrogen and oxygen atoms in total. The number of hydrogen-bond donors (Lipinski definition) is 0. The van der Waals surface area contributed by atoms with Gasteiger partial charge in [-0.3, -0.25) is 4.79 Å². The van der Waals surface area contributed by atoms with Gasteiger partial charge in [0.05, 0.1) is 0 Å². The van der Waals surface area contributed by atoms with Gasteiger partial charge in [-0.15, -0.1) is 0 Å². The summed E-state index contributed by atoms with van der Waals surface area (Å²) in [7, 11) is 0. The zero-order valence-corrected chi connectivity index (χ0v) is 25.4. The average Bonchev–Trinajstić information content (AvgIpc) is 2.92. The molecule has 0 bridgehead atoms. The van der Waals surface area contributed by atoms with Crippen LogP contribution in [0.1, 0.15) is 61.1 Å². The lowest BCUT2D eigenvalue weighted by Gasteiger charge is -2.34. The lowest BCUT2D eigenvalue weighted by Crippen LogP contribution is -2.42. The van der Waals surface area contributed by atoms with Crippen LogP contribution in [-0.4, -0.2) is 5.78 Å². The van der Waals surface area contributed by atoms with Gasteiger partial charge in [0.25, 0.3) is 0 Å². The van der Waals surface area contributed by atoms with Crippen LogP contribution >= 0.6 is 31.9 Å². The van der Waals surface area contributed by atoms with Crippen molar-refractivity contribution in [2.24, 2.45) is 0 Å². The second-order valence-corrected chi connectivity index (χ2v) is 12.4. The molecule has 38 heavy (non-hydrogen) atoms. The Morgan fingerprint density at radius 3 is 0.974 bits per heavy atom. The third-order valence-corrected chi connectivity index (χ3v) is 8.13. The Hall–Kier alpha value is -3.01. The number of rotatable bonds is 8. The van der Waals surface area contributed by atoms with E-state index in [1.54, 1.807) is 0 Å². The van der Waals surface area contributed by atoms with Crippen LogP contribution in [0.4, 0.5) is 0 Å². The summed E-state index contributed by atoms with van der Waals surface area (Å²) in [5.41, 5.74) is 5.27. The van der Waals surface area contributed by atoms with Gasteiger partial charge in [0, 0.05) is 19.8 Å². The Bertz CT molecular complexity index is 1330. The van der Waals surface area contributed by atoms with Crippen LogP contribution in [0.5, 0.6) is 0 Å². The lowest BCUT2D eigenvalue weighted by molar-refractivity contribution is -0.128. The van der Waals surface area contributed by atoms with Gasteiger partial charge in [0.1, 0.15) is 0 Å². The summed E-state index contributed by atoms with van der Waals surface area (Å²) in [6, 6.07) is 33.1. The van der Waals surface area contributed by atoms with Crippen molar-refractivity contribution in [2.45, 2.75) is 38.5 Å². The molecule has 0 aromatic heterocycles. The lowest BCUT2D eigenvalue weighted by atomic mass is 9.67. The van der Waals surface area contributed by atoms with E-state index in [0.29, 0.717) is 0 Å². The van der Waals surface area contributed by atoms with Crippen LogP contribution in [0.25, 0.3) is 24.3 Å². The van der Waals surface area contributed by atoms with Gasteiger partial charge in [-0.05, 0) is 85.3 Å². The van der Waals surface area contributed by atoms with E-state index >= 15 is 0 Å². The second kappa shape index (κ2) is 11.8. The molecule has 0 heterocycles. The number of ketones is 1. The standard InChI is InChI=1S/C35H32Br2O/c1-34(2,29-17-9-25(10-18-29)5-7-27-13-21-31(36)22-14-27)33(38)35(3,4)30-19-11-26(12-20-30)6-8-28-15-23-32(37)24-16-28/h5-24H,1-4H3. The highest BCUT2D eigenvalue weighted by Crippen LogP contribution is 2.36. The first-order valence-corrected chi connectivity index (χ1v) is 14.3. The SMILES string of the molecule is CC(C)(C(=O)C(C)(C)c1ccc(C=Cc2ccc(Br)cc2)cc1)c1ccc(C=Cc2ccc(Br)cc2)cc1. The highest BCUT2D eigenvalue weighted by Gasteiger charge is 2.41. The number of Topliss-reactive ketones (excluding diaryl/α,β-unsaturated/α-hetero) is 1. The molecule has 0 saturated heterocycles. The highest BCUT2D eigenvalue weighted by molar-refractivity contribution is 9.10. The van der Waals surface area contributed by atoms with Gasteiger partial charge in [0.15, 0.2) is 5.78 Å². The van der Waals surface area contributed by atoms with E-state index < -0.39 is 10.8 Å². The zero-order valence-electron chi connectivity index (χ0n) is 22.2. The van der Waals surface area contributed by atoms with Gasteiger partial charge >= 0.3 is 0 Å². The molecule has 0 aliphatic carbocycles. The fourth-order valence-electron chi connectivity index (χ4n) is 4.60. The first-order chi connectivity index (χ1) is 18.1. The molecule has 0 unspecified atom stereocenters. The molecule has 4 aromatic carbocycles. The summed E-state index contributed by atoms with van der Waals surface area (Å²) in [5.74, 6) is 0.196. The fraction of sp³-hybridized carbons (Fsp3) is 0.171. The average molecular weight is 628 g/mol. The van der Waals surface area contributed by atoms with Gasteiger partial charge < -0.3 is 0 Å². The molecule has 0 saturated carbocycles. The van der Waals surface area contributed by atoms with Crippen molar-refractivity contribution >= 4 is 61.9 Å². The molecular weight excluding hydrogens is 596 g/mol. The molecule has 0 atom stereocenters. The Morgan fingerprint density at radius 1 is 0.474 bits per heavy atom. The van der Waals surface area contributed by atoms with Crippen molar-refractivity contribution in [1.29, 1.82) is 0 Å². The maximum Gasteiger partial charge on any atom is 0.152 e. The fourth-order valence-corrected chi connectivity index (χ4v) is 5.13. The predicted octanol–water partition coefficient (Wildman–Crippen LogP) is 10.4. The Balaban J connectivity index is 1.47. The predicted molar refractivity (Wildman–Crippen MR) is 170 cm³/mol. The Morgan fingerprint density at radius 2 is 0.711 bits per heavy atom. The minimum Gasteiger partial charge on any atom is -0.298 e. The van der Waals surface area contributed by atoms with Crippen LogP contribution in [0.2, 0.25) is 0 Å². The maximum absolute atomic E-state index is 13.9. The molecule has 192 valence electrons. The molecule has 4 rings (SSSR count). The number of halogens is 2. The smallest absolute Gasteiger partial charge is 0.152 e. The van der Waals surface area contributed by atoms with Gasteiger partial charge in [-0.1, -0.05) is 129 Å². The normalized spacial score (nSPS) is 12.4. The van der Waals surface area contributed by atoms with Crippen LogP contribution in [0.15, 0.2) is 106 Å². The molecule has 0 radical (unpaired) electrons. The number of carbonyl (C=O) groups excluding carboxylic acids is 1. The van der Waals surface area contributed by atoms with E-state index in [2.05, 4.69) is 129 Å². The monoisotopic (exact) mass is 626 g/mol. The summed E-state index contributed by atoms with van der Waals surface area (Å²) in [6.45, 7) is 8.11. The molecule has 4 aromatic rings. The van der Waals surface area contributed by atoms with E-state index in [1.165, 1.54) is 0 Å². The van der Waals surface area contributed by atoms with Crippen molar-refractivity contribution in [3.05, 3.63) is 139 Å². The van der Waals surface area contributed by atoms with Gasteiger partial charge in [-0.2, -0.15) is 0 Å². The second-order valence-electron chi connectivity index (χ2n) is 10.6. The summed E-state index contributed by atoms with van der Waals surface area (Å²) >= 11 is 6.94. The van der Waals surface area contributed by atoms with Crippen LogP contribution in [0.3, 0.4) is 0 Å². The molecule has 0 aliphatic rings. The minimum absolute atomic E-state index is 0.196. The minimum atomic E-state index is -0.627. The van der Waals surface area contributed by atoms with Crippen molar-refractivity contribution in [1.82, 2.24) is 0 Å². The molecule has 3 heteroatoms. The summed E-state index contributed by atoms with van der Waals surface area (Å²) < 4.78 is 2.14. The molecule has 0 amide bonds. The first-order valence-electron chi connectivity index (χ1n) is 12.7. The molecule has 0 N–H and O–H groups in total. The topological polar surface area (TPSA) is 17.1 Å². The number of carbonyl (C=O) groups is 1. The third kappa shape index (κ3) is 6.70. The molecule has 0 aliphatic heterocycles. The summed E-state index contributed by atoms with van der Waals surface area (Å²) in [6.07, 6.45) is 8.38. The van der Waals surface area contributed by atoms with Crippen LogP contribution < -0.4 is 0 Å². The van der Waals surface area contributed by atoms with Crippen molar-refractivity contribution in [2.75, 3.05) is 0 Å². The first kappa shape index (κ1) is 28.0. The Labute approximate surface area is 243 Å². The summed E-state index contributed by atoms with van der Waals surface area (Å²) in [5, 5.41) is 0. The number of benzene rings is 4. The number of hydrogen-bond acceptors (Lipinski definition) is 1. The van der Waals surface area contributed by atoms with Crippen molar-refractivity contribution in [3.8, 4) is 0 Å². The molecular formula is C35H32Br2O. The quantitative estimate of drug-likeness (QED) is 0.178. The Kier molecular flexibility index (Phi) is 8.70. The van der Waals surface area contributed by atoms with Crippen LogP contribution in [-0.2, 0) is 15.6 Å². The van der Waals surface area contributed by atoms with E-state index in [9.17, 15) is 4.79 Å². The summed E-state index contributed by atoms with van der Waals surface area (Å²) in [4.78, 5) is 13.9. The van der Waals surface area contributed by atoms with Crippen molar-refractivity contribution in [3.63, 3.8) is 0 Å². The van der Waals surface area contributed by atoms with Gasteiger partial charge in [0.2, 0.25) is 0 Å². The highest BCUT2D eigenvalue weighted by atomic mass is 79.9. The third-order valence-electron chi connectivity index (χ3n) is 7.08.